The fraction of sp³-hybridized carbons (Fsp3) is 0.226. The molecule has 0 amide bonds. The third-order valence-electron chi connectivity index (χ3n) is 9.16. The topological polar surface area (TPSA) is 4.93 Å². The lowest BCUT2D eigenvalue weighted by atomic mass is 9.26. The molecule has 3 aliphatic rings. The number of nitrogens with zero attached hydrogens (tertiary/aromatic N) is 1. The molecule has 0 spiro atoms. The molecule has 5 aromatic rings. The number of para-hydroxylation sites is 1. The van der Waals surface area contributed by atoms with Gasteiger partial charge in [0.1, 0.15) is 0 Å². The monoisotopic (exact) mass is 423 g/mol. The fourth-order valence-electron chi connectivity index (χ4n) is 7.73. The summed E-state index contributed by atoms with van der Waals surface area (Å²) in [7, 11) is 0. The minimum atomic E-state index is -0.0305. The lowest BCUT2D eigenvalue weighted by molar-refractivity contribution is 0.621. The Morgan fingerprint density at radius 3 is 2.06 bits per heavy atom. The van der Waals surface area contributed by atoms with Gasteiger partial charge in [0.15, 0.2) is 0 Å². The lowest BCUT2D eigenvalue weighted by Crippen LogP contribution is -2.68. The predicted octanol–water partition coefficient (Wildman–Crippen LogP) is 5.20. The first-order chi connectivity index (χ1) is 15.8. The highest BCUT2D eigenvalue weighted by Gasteiger charge is 2.51. The summed E-state index contributed by atoms with van der Waals surface area (Å²) in [4.78, 5) is 0. The second-order valence-corrected chi connectivity index (χ2v) is 11.4. The number of aromatic nitrogens is 1. The summed E-state index contributed by atoms with van der Waals surface area (Å²) in [6.45, 7) is 12.3. The van der Waals surface area contributed by atoms with Gasteiger partial charge in [0.25, 0.3) is 0 Å². The maximum Gasteiger partial charge on any atom is 0.248 e. The molecule has 0 bridgehead atoms. The SMILES string of the molecule is Cc1cc2c3c4c1c1ccccc1n4-c1cccc4c1B3c1c(cccc1C2(C)C)C4(C)C. The van der Waals surface area contributed by atoms with Crippen LogP contribution in [0.3, 0.4) is 0 Å². The zero-order chi connectivity index (χ0) is 22.4. The summed E-state index contributed by atoms with van der Waals surface area (Å²) in [6.07, 6.45) is 0. The highest BCUT2D eigenvalue weighted by atomic mass is 15.0. The molecule has 0 aliphatic carbocycles. The molecule has 0 radical (unpaired) electrons. The molecule has 3 aliphatic heterocycles. The quantitative estimate of drug-likeness (QED) is 0.296. The number of hydrogen-bond acceptors (Lipinski definition) is 0. The van der Waals surface area contributed by atoms with Gasteiger partial charge in [-0.1, -0.05) is 87.8 Å². The highest BCUT2D eigenvalue weighted by Crippen LogP contribution is 2.46. The molecule has 2 heteroatoms. The second-order valence-electron chi connectivity index (χ2n) is 11.4. The zero-order valence-corrected chi connectivity index (χ0v) is 19.9. The average molecular weight is 423 g/mol. The van der Waals surface area contributed by atoms with Crippen LogP contribution in [0.1, 0.15) is 55.5 Å². The van der Waals surface area contributed by atoms with Gasteiger partial charge in [0, 0.05) is 32.8 Å². The second kappa shape index (κ2) is 5.28. The van der Waals surface area contributed by atoms with Crippen LogP contribution in [0, 0.1) is 6.92 Å². The normalized spacial score (nSPS) is 17.7. The van der Waals surface area contributed by atoms with E-state index in [-0.39, 0.29) is 10.8 Å². The van der Waals surface area contributed by atoms with Crippen LogP contribution in [-0.4, -0.2) is 11.3 Å². The van der Waals surface area contributed by atoms with Crippen molar-refractivity contribution in [3.8, 4) is 5.69 Å². The number of aryl methyl sites for hydroxylation is 1. The van der Waals surface area contributed by atoms with E-state index in [1.54, 1.807) is 10.9 Å². The molecule has 8 rings (SSSR count). The summed E-state index contributed by atoms with van der Waals surface area (Å²) in [6, 6.07) is 25.6. The van der Waals surface area contributed by atoms with Crippen LogP contribution >= 0.6 is 0 Å². The summed E-state index contributed by atoms with van der Waals surface area (Å²) < 4.78 is 2.59. The Labute approximate surface area is 195 Å². The molecule has 1 nitrogen and oxygen atoms in total. The van der Waals surface area contributed by atoms with Crippen molar-refractivity contribution in [1.29, 1.82) is 0 Å². The zero-order valence-electron chi connectivity index (χ0n) is 19.9. The fourth-order valence-corrected chi connectivity index (χ4v) is 7.73. The van der Waals surface area contributed by atoms with Crippen molar-refractivity contribution in [3.05, 3.63) is 94.5 Å². The van der Waals surface area contributed by atoms with Crippen molar-refractivity contribution in [2.75, 3.05) is 0 Å². The molecule has 0 N–H and O–H groups in total. The van der Waals surface area contributed by atoms with Gasteiger partial charge in [0.05, 0.1) is 5.52 Å². The Bertz CT molecular complexity index is 1730. The summed E-state index contributed by atoms with van der Waals surface area (Å²) in [5.74, 6) is 0. The maximum atomic E-state index is 2.59. The summed E-state index contributed by atoms with van der Waals surface area (Å²) in [5, 5.41) is 2.81. The van der Waals surface area contributed by atoms with Crippen molar-refractivity contribution in [2.45, 2.75) is 45.4 Å². The molecular formula is C31H26BN. The van der Waals surface area contributed by atoms with Crippen molar-refractivity contribution in [2.24, 2.45) is 0 Å². The molecule has 0 saturated carbocycles. The van der Waals surface area contributed by atoms with Gasteiger partial charge in [0.2, 0.25) is 6.71 Å². The van der Waals surface area contributed by atoms with Crippen LogP contribution in [0.5, 0.6) is 0 Å². The molecule has 0 saturated heterocycles. The molecular weight excluding hydrogens is 397 g/mol. The van der Waals surface area contributed by atoms with E-state index in [0.29, 0.717) is 6.71 Å². The Balaban J connectivity index is 1.74. The van der Waals surface area contributed by atoms with Gasteiger partial charge >= 0.3 is 0 Å². The van der Waals surface area contributed by atoms with E-state index in [9.17, 15) is 0 Å². The van der Waals surface area contributed by atoms with Crippen LogP contribution in [-0.2, 0) is 10.8 Å². The maximum absolute atomic E-state index is 2.59. The van der Waals surface area contributed by atoms with E-state index in [0.717, 1.165) is 0 Å². The van der Waals surface area contributed by atoms with Gasteiger partial charge < -0.3 is 4.57 Å². The summed E-state index contributed by atoms with van der Waals surface area (Å²) in [5.41, 5.74) is 16.1. The minimum absolute atomic E-state index is 0.0228. The van der Waals surface area contributed by atoms with E-state index in [4.69, 9.17) is 0 Å². The van der Waals surface area contributed by atoms with Crippen LogP contribution in [0.15, 0.2) is 66.7 Å². The Morgan fingerprint density at radius 2 is 1.30 bits per heavy atom. The first-order valence-electron chi connectivity index (χ1n) is 12.2. The van der Waals surface area contributed by atoms with E-state index < -0.39 is 0 Å². The number of hydrogen-bond donors (Lipinski definition) is 0. The van der Waals surface area contributed by atoms with Crippen LogP contribution in [0.2, 0.25) is 0 Å². The van der Waals surface area contributed by atoms with Crippen molar-refractivity contribution < 1.29 is 0 Å². The Hall–Kier alpha value is -3.26. The van der Waals surface area contributed by atoms with Gasteiger partial charge in [-0.3, -0.25) is 0 Å². The standard InChI is InChI=1S/C31H26BN/c1-17-16-22-28-29-25(17)18-10-6-7-14-23(18)33(29)24-15-9-13-21-27(24)32(28)26-19(30(21,2)3)11-8-12-20(26)31(22,4)5/h6-16H,1-5H3. The van der Waals surface area contributed by atoms with E-state index >= 15 is 0 Å². The molecule has 0 atom stereocenters. The van der Waals surface area contributed by atoms with Gasteiger partial charge in [-0.15, -0.1) is 0 Å². The molecule has 4 aromatic carbocycles. The Kier molecular flexibility index (Phi) is 2.91. The van der Waals surface area contributed by atoms with Gasteiger partial charge in [-0.05, 0) is 57.8 Å². The molecule has 4 heterocycles. The smallest absolute Gasteiger partial charge is 0.248 e. The Morgan fingerprint density at radius 1 is 0.667 bits per heavy atom. The molecule has 33 heavy (non-hydrogen) atoms. The predicted molar refractivity (Wildman–Crippen MR) is 141 cm³/mol. The van der Waals surface area contributed by atoms with Crippen LogP contribution in [0.25, 0.3) is 27.5 Å². The number of rotatable bonds is 0. The van der Waals surface area contributed by atoms with Crippen LogP contribution in [0.4, 0.5) is 0 Å². The first kappa shape index (κ1) is 18.2. The molecule has 158 valence electrons. The minimum Gasteiger partial charge on any atom is -0.310 e. The van der Waals surface area contributed by atoms with Crippen LogP contribution < -0.4 is 16.4 Å². The highest BCUT2D eigenvalue weighted by molar-refractivity contribution is 7.00. The van der Waals surface area contributed by atoms with Gasteiger partial charge in [-0.2, -0.15) is 0 Å². The van der Waals surface area contributed by atoms with Crippen molar-refractivity contribution >= 4 is 44.9 Å². The molecule has 0 fully saturated rings. The van der Waals surface area contributed by atoms with E-state index in [1.165, 1.54) is 60.8 Å². The molecule has 1 aromatic heterocycles. The van der Waals surface area contributed by atoms with Crippen molar-refractivity contribution in [1.82, 2.24) is 4.57 Å². The lowest BCUT2D eigenvalue weighted by Gasteiger charge is -2.49. The first-order valence-corrected chi connectivity index (χ1v) is 12.2. The number of fused-ring (bicyclic) bond motifs is 4. The summed E-state index contributed by atoms with van der Waals surface area (Å²) >= 11 is 0. The third kappa shape index (κ3) is 1.77. The third-order valence-corrected chi connectivity index (χ3v) is 9.16. The largest absolute Gasteiger partial charge is 0.310 e. The number of benzene rings is 4. The van der Waals surface area contributed by atoms with Gasteiger partial charge in [-0.25, -0.2) is 0 Å². The van der Waals surface area contributed by atoms with E-state index in [2.05, 4.69) is 106 Å². The average Bonchev–Trinajstić information content (AvgIpc) is 3.15. The van der Waals surface area contributed by atoms with E-state index in [1.807, 2.05) is 0 Å². The van der Waals surface area contributed by atoms with Crippen molar-refractivity contribution in [3.63, 3.8) is 0 Å². The molecule has 0 unspecified atom stereocenters.